The van der Waals surface area contributed by atoms with Crippen molar-refractivity contribution in [3.8, 4) is 0 Å². The van der Waals surface area contributed by atoms with E-state index in [2.05, 4.69) is 33.2 Å². The van der Waals surface area contributed by atoms with Crippen LogP contribution in [0.5, 0.6) is 0 Å². The normalized spacial score (nSPS) is 19.3. The highest BCUT2D eigenvalue weighted by atomic mass is 16.4. The summed E-state index contributed by atoms with van der Waals surface area (Å²) >= 11 is 0. The number of aromatic nitrogens is 3. The first-order valence-corrected chi connectivity index (χ1v) is 9.57. The average Bonchev–Trinajstić information content (AvgIpc) is 3.45. The lowest BCUT2D eigenvalue weighted by atomic mass is 10.1. The number of nitrogens with zero attached hydrogens (tertiary/aromatic N) is 1. The molecule has 1 atom stereocenters. The lowest BCUT2D eigenvalue weighted by molar-refractivity contribution is -0.136. The van der Waals surface area contributed by atoms with Crippen LogP contribution in [-0.2, 0) is 11.2 Å². The third-order valence-electron chi connectivity index (χ3n) is 5.05. The second kappa shape index (κ2) is 6.98. The van der Waals surface area contributed by atoms with Gasteiger partial charge in [0.25, 0.3) is 0 Å². The fourth-order valence-electron chi connectivity index (χ4n) is 3.70. The van der Waals surface area contributed by atoms with Crippen molar-refractivity contribution in [1.82, 2.24) is 15.0 Å². The van der Waals surface area contributed by atoms with Crippen molar-refractivity contribution in [2.75, 3.05) is 0 Å². The van der Waals surface area contributed by atoms with E-state index in [0.717, 1.165) is 44.1 Å². The molecule has 0 aliphatic carbocycles. The largest absolute Gasteiger partial charge is 0.481 e. The van der Waals surface area contributed by atoms with Gasteiger partial charge in [0.2, 0.25) is 0 Å². The minimum absolute atomic E-state index is 0.0499. The molecule has 6 heteroatoms. The number of allylic oxidation sites excluding steroid dienone is 1. The molecule has 0 aromatic carbocycles. The van der Waals surface area contributed by atoms with Gasteiger partial charge in [0.15, 0.2) is 0 Å². The molecule has 0 spiro atoms. The van der Waals surface area contributed by atoms with Gasteiger partial charge in [-0.05, 0) is 72.7 Å². The molecule has 5 heterocycles. The molecule has 29 heavy (non-hydrogen) atoms. The Hall–Kier alpha value is -3.80. The van der Waals surface area contributed by atoms with Crippen LogP contribution in [0.4, 0.5) is 0 Å². The summed E-state index contributed by atoms with van der Waals surface area (Å²) in [7, 11) is 0. The number of carboxylic acid groups (broad SMARTS) is 1. The first-order chi connectivity index (χ1) is 14.1. The summed E-state index contributed by atoms with van der Waals surface area (Å²) in [5.74, 6) is -0.800. The minimum Gasteiger partial charge on any atom is -0.481 e. The number of hydrogen-bond acceptors (Lipinski definition) is 2. The first-order valence-electron chi connectivity index (χ1n) is 9.57. The molecular formula is C23H20N4O2. The molecule has 3 aromatic heterocycles. The molecular weight excluding hydrogens is 364 g/mol. The van der Waals surface area contributed by atoms with E-state index in [0.29, 0.717) is 6.42 Å². The Morgan fingerprint density at radius 2 is 1.76 bits per heavy atom. The molecule has 3 aromatic rings. The van der Waals surface area contributed by atoms with Gasteiger partial charge in [0.1, 0.15) is 0 Å². The van der Waals surface area contributed by atoms with Gasteiger partial charge in [-0.25, -0.2) is 0 Å². The van der Waals surface area contributed by atoms with Crippen molar-refractivity contribution < 1.29 is 9.90 Å². The quantitative estimate of drug-likeness (QED) is 0.523. The number of carbonyl (C=O) groups is 1. The molecule has 5 rings (SSSR count). The van der Waals surface area contributed by atoms with Gasteiger partial charge in [0, 0.05) is 39.2 Å². The summed E-state index contributed by atoms with van der Waals surface area (Å²) in [4.78, 5) is 26.0. The van der Waals surface area contributed by atoms with Crippen LogP contribution in [0.1, 0.15) is 23.4 Å². The van der Waals surface area contributed by atoms with E-state index in [1.807, 2.05) is 48.6 Å². The molecule has 144 valence electrons. The van der Waals surface area contributed by atoms with E-state index in [1.54, 1.807) is 0 Å². The molecule has 0 amide bonds. The summed E-state index contributed by atoms with van der Waals surface area (Å²) in [5, 5.41) is 12.9. The Bertz CT molecular complexity index is 1400. The van der Waals surface area contributed by atoms with Crippen LogP contribution in [0.15, 0.2) is 47.5 Å². The van der Waals surface area contributed by atoms with Crippen LogP contribution in [0.2, 0.25) is 0 Å². The maximum atomic E-state index is 11.1. The number of aliphatic imine (C=N–C) groups is 1. The van der Waals surface area contributed by atoms with Crippen molar-refractivity contribution in [3.63, 3.8) is 0 Å². The highest BCUT2D eigenvalue weighted by Crippen LogP contribution is 2.08. The van der Waals surface area contributed by atoms with E-state index in [1.165, 1.54) is 0 Å². The zero-order chi connectivity index (χ0) is 19.8. The highest BCUT2D eigenvalue weighted by Gasteiger charge is 2.09. The number of nitrogens with one attached hydrogen (secondary N) is 3. The SMILES string of the molecule is O=C(O)CCc1c/c2[nH]/c1=C\c1ccc([nH]1)C=c1ccc([nH]1)=CC1=NC(C=C1)/C=2. The average molecular weight is 384 g/mol. The molecule has 4 N–H and O–H groups in total. The number of aliphatic carboxylic acids is 1. The van der Waals surface area contributed by atoms with Gasteiger partial charge in [-0.2, -0.15) is 0 Å². The van der Waals surface area contributed by atoms with E-state index in [-0.39, 0.29) is 12.5 Å². The van der Waals surface area contributed by atoms with Gasteiger partial charge < -0.3 is 20.1 Å². The van der Waals surface area contributed by atoms with Crippen LogP contribution in [0.25, 0.3) is 24.3 Å². The second-order valence-electron chi connectivity index (χ2n) is 7.30. The monoisotopic (exact) mass is 384 g/mol. The first kappa shape index (κ1) is 17.3. The van der Waals surface area contributed by atoms with Crippen LogP contribution < -0.4 is 21.4 Å². The van der Waals surface area contributed by atoms with Crippen LogP contribution in [-0.4, -0.2) is 37.8 Å². The van der Waals surface area contributed by atoms with Crippen molar-refractivity contribution in [2.24, 2.45) is 4.99 Å². The lowest BCUT2D eigenvalue weighted by Gasteiger charge is -1.94. The fourth-order valence-corrected chi connectivity index (χ4v) is 3.70. The predicted molar refractivity (Wildman–Crippen MR) is 113 cm³/mol. The molecule has 2 aliphatic rings. The van der Waals surface area contributed by atoms with E-state index >= 15 is 0 Å². The molecule has 0 saturated heterocycles. The fraction of sp³-hybridized carbons (Fsp3) is 0.130. The zero-order valence-corrected chi connectivity index (χ0v) is 15.6. The maximum absolute atomic E-state index is 11.1. The van der Waals surface area contributed by atoms with Gasteiger partial charge in [-0.15, -0.1) is 0 Å². The Morgan fingerprint density at radius 3 is 2.59 bits per heavy atom. The summed E-state index contributed by atoms with van der Waals surface area (Å²) in [6.07, 6.45) is 12.8. The molecule has 2 aliphatic heterocycles. The molecule has 6 nitrogen and oxygen atoms in total. The van der Waals surface area contributed by atoms with E-state index < -0.39 is 5.97 Å². The highest BCUT2D eigenvalue weighted by molar-refractivity contribution is 6.18. The Balaban J connectivity index is 1.69. The number of H-pyrrole nitrogens is 3. The predicted octanol–water partition coefficient (Wildman–Crippen LogP) is 0.300. The summed E-state index contributed by atoms with van der Waals surface area (Å²) in [6.45, 7) is 0. The molecule has 0 fully saturated rings. The molecule has 1 unspecified atom stereocenters. The standard InChI is InChI=1S/C23H20N4O2/c28-23(29)8-1-14-9-21-12-19-5-4-17(25-19)10-15-2-3-16(24-15)11-18-6-7-20(26-18)13-22(14)27-21/h2-7,9-13,19,24,26-27H,1,8H2,(H,28,29)/b15-10?,16-11?,21-12+,22-13-. The molecule has 8 bridgehead atoms. The Kier molecular flexibility index (Phi) is 4.17. The smallest absolute Gasteiger partial charge is 0.303 e. The molecule has 0 radical (unpaired) electrons. The van der Waals surface area contributed by atoms with Crippen LogP contribution in [0, 0.1) is 0 Å². The van der Waals surface area contributed by atoms with Crippen molar-refractivity contribution >= 4 is 36.0 Å². The maximum Gasteiger partial charge on any atom is 0.303 e. The zero-order valence-electron chi connectivity index (χ0n) is 15.6. The van der Waals surface area contributed by atoms with Gasteiger partial charge in [-0.1, -0.05) is 6.08 Å². The van der Waals surface area contributed by atoms with Gasteiger partial charge in [-0.3, -0.25) is 9.79 Å². The number of hydrogen-bond donors (Lipinski definition) is 4. The third-order valence-corrected chi connectivity index (χ3v) is 5.05. The van der Waals surface area contributed by atoms with Crippen LogP contribution >= 0.6 is 0 Å². The van der Waals surface area contributed by atoms with E-state index in [4.69, 9.17) is 10.1 Å². The lowest BCUT2D eigenvalue weighted by Crippen LogP contribution is -2.14. The Labute approximate surface area is 166 Å². The second-order valence-corrected chi connectivity index (χ2v) is 7.30. The van der Waals surface area contributed by atoms with Crippen molar-refractivity contribution in [1.29, 1.82) is 0 Å². The van der Waals surface area contributed by atoms with Gasteiger partial charge >= 0.3 is 5.97 Å². The number of carboxylic acids is 1. The van der Waals surface area contributed by atoms with E-state index in [9.17, 15) is 4.79 Å². The summed E-state index contributed by atoms with van der Waals surface area (Å²) < 4.78 is 0. The minimum atomic E-state index is -0.800. The number of rotatable bonds is 3. The Morgan fingerprint density at radius 1 is 0.966 bits per heavy atom. The number of aryl methyl sites for hydroxylation is 1. The summed E-state index contributed by atoms with van der Waals surface area (Å²) in [6, 6.07) is 10.1. The topological polar surface area (TPSA) is 97.0 Å². The van der Waals surface area contributed by atoms with Crippen LogP contribution in [0.3, 0.4) is 0 Å². The number of aromatic amines is 3. The number of fused-ring (bicyclic) bond motifs is 7. The van der Waals surface area contributed by atoms with Crippen molar-refractivity contribution in [2.45, 2.75) is 18.9 Å². The van der Waals surface area contributed by atoms with Crippen molar-refractivity contribution in [3.05, 3.63) is 80.8 Å². The van der Waals surface area contributed by atoms with Gasteiger partial charge in [0.05, 0.1) is 11.8 Å². The summed E-state index contributed by atoms with van der Waals surface area (Å²) in [5.41, 5.74) is 3.83. The third kappa shape index (κ3) is 3.78. The molecule has 0 saturated carbocycles.